The summed E-state index contributed by atoms with van der Waals surface area (Å²) in [5, 5.41) is 8.93. The number of nitrogens with zero attached hydrogens (tertiary/aromatic N) is 1. The van der Waals surface area contributed by atoms with Crippen molar-refractivity contribution in [3.63, 3.8) is 0 Å². The van der Waals surface area contributed by atoms with E-state index in [0.29, 0.717) is 5.56 Å². The van der Waals surface area contributed by atoms with Crippen LogP contribution in [0.15, 0.2) is 24.3 Å². The average Bonchev–Trinajstić information content (AvgIpc) is 2.35. The first kappa shape index (κ1) is 18.6. The number of aliphatic hydroxyl groups excluding tert-OH is 1. The zero-order valence-electron chi connectivity index (χ0n) is 11.6. The molecule has 0 fully saturated rings. The summed E-state index contributed by atoms with van der Waals surface area (Å²) in [5.41, 5.74) is 0.580. The van der Waals surface area contributed by atoms with Gasteiger partial charge in [0, 0.05) is 13.1 Å². The SMILES string of the molecule is CN(Cc1ccc(OCC(F)(F)F)cc1)CC(O)C(F)(F)F. The van der Waals surface area contributed by atoms with E-state index in [1.165, 1.54) is 36.2 Å². The maximum Gasteiger partial charge on any atom is 0.422 e. The molecule has 0 aliphatic rings. The Morgan fingerprint density at radius 1 is 1.09 bits per heavy atom. The van der Waals surface area contributed by atoms with E-state index < -0.39 is 31.6 Å². The fourth-order valence-electron chi connectivity index (χ4n) is 1.63. The van der Waals surface area contributed by atoms with Crippen LogP contribution in [0.2, 0.25) is 0 Å². The third kappa shape index (κ3) is 6.99. The molecule has 1 unspecified atom stereocenters. The van der Waals surface area contributed by atoms with Crippen LogP contribution >= 0.6 is 0 Å². The van der Waals surface area contributed by atoms with Crippen LogP contribution in [0.4, 0.5) is 26.3 Å². The van der Waals surface area contributed by atoms with E-state index >= 15 is 0 Å². The lowest BCUT2D eigenvalue weighted by Crippen LogP contribution is -2.39. The third-order valence-corrected chi connectivity index (χ3v) is 2.64. The Bertz CT molecular complexity index is 457. The minimum Gasteiger partial charge on any atom is -0.484 e. The van der Waals surface area contributed by atoms with Gasteiger partial charge in [-0.1, -0.05) is 12.1 Å². The Kier molecular flexibility index (Phi) is 6.07. The molecule has 9 heteroatoms. The fraction of sp³-hybridized carbons (Fsp3) is 0.538. The van der Waals surface area contributed by atoms with Crippen molar-refractivity contribution in [2.75, 3.05) is 20.2 Å². The predicted molar refractivity (Wildman–Crippen MR) is 66.4 cm³/mol. The smallest absolute Gasteiger partial charge is 0.422 e. The minimum atomic E-state index is -4.69. The molecular formula is C13H15F6NO2. The summed E-state index contributed by atoms with van der Waals surface area (Å²) in [6.07, 6.45) is -11.6. The van der Waals surface area contributed by atoms with E-state index in [1.807, 2.05) is 0 Å². The largest absolute Gasteiger partial charge is 0.484 e. The predicted octanol–water partition coefficient (Wildman–Crippen LogP) is 2.98. The van der Waals surface area contributed by atoms with Gasteiger partial charge >= 0.3 is 12.4 Å². The third-order valence-electron chi connectivity index (χ3n) is 2.64. The monoisotopic (exact) mass is 331 g/mol. The highest BCUT2D eigenvalue weighted by Crippen LogP contribution is 2.22. The van der Waals surface area contributed by atoms with Gasteiger partial charge in [0.05, 0.1) is 0 Å². The van der Waals surface area contributed by atoms with Crippen LogP contribution < -0.4 is 4.74 Å². The molecule has 1 N–H and O–H groups in total. The molecule has 3 nitrogen and oxygen atoms in total. The van der Waals surface area contributed by atoms with Crippen molar-refractivity contribution in [2.24, 2.45) is 0 Å². The highest BCUT2D eigenvalue weighted by Gasteiger charge is 2.38. The molecule has 0 saturated heterocycles. The maximum atomic E-state index is 12.2. The molecular weight excluding hydrogens is 316 g/mol. The second-order valence-corrected chi connectivity index (χ2v) is 4.80. The van der Waals surface area contributed by atoms with Crippen LogP contribution in [0.3, 0.4) is 0 Å². The summed E-state index contributed by atoms with van der Waals surface area (Å²) in [4.78, 5) is 1.25. The summed E-state index contributed by atoms with van der Waals surface area (Å²) in [7, 11) is 1.39. The van der Waals surface area contributed by atoms with Gasteiger partial charge in [-0.15, -0.1) is 0 Å². The number of benzene rings is 1. The Morgan fingerprint density at radius 2 is 1.64 bits per heavy atom. The lowest BCUT2D eigenvalue weighted by Gasteiger charge is -2.22. The second-order valence-electron chi connectivity index (χ2n) is 4.80. The zero-order valence-corrected chi connectivity index (χ0v) is 11.6. The average molecular weight is 331 g/mol. The molecule has 1 atom stereocenters. The van der Waals surface area contributed by atoms with Gasteiger partial charge in [-0.25, -0.2) is 0 Å². The van der Waals surface area contributed by atoms with Crippen LogP contribution in [0.5, 0.6) is 5.75 Å². The van der Waals surface area contributed by atoms with Crippen LogP contribution in [0.1, 0.15) is 5.56 Å². The molecule has 0 aliphatic carbocycles. The van der Waals surface area contributed by atoms with E-state index in [0.717, 1.165) is 0 Å². The summed E-state index contributed by atoms with van der Waals surface area (Å²) in [6, 6.07) is 5.49. The van der Waals surface area contributed by atoms with Gasteiger partial charge in [0.15, 0.2) is 12.7 Å². The molecule has 126 valence electrons. The van der Waals surface area contributed by atoms with Crippen molar-refractivity contribution < 1.29 is 36.2 Å². The first-order chi connectivity index (χ1) is 9.97. The van der Waals surface area contributed by atoms with Crippen molar-refractivity contribution in [3.8, 4) is 5.75 Å². The van der Waals surface area contributed by atoms with Gasteiger partial charge < -0.3 is 9.84 Å². The molecule has 1 aromatic rings. The standard InChI is InChI=1S/C13H15F6NO2/c1-20(7-11(21)13(17,18)19)6-9-2-4-10(5-3-9)22-8-12(14,15)16/h2-5,11,21H,6-8H2,1H3. The summed E-state index contributed by atoms with van der Waals surface area (Å²) in [5.74, 6) is 0.0130. The topological polar surface area (TPSA) is 32.7 Å². The van der Waals surface area contributed by atoms with E-state index in [4.69, 9.17) is 5.11 Å². The molecule has 0 amide bonds. The molecule has 0 radical (unpaired) electrons. The van der Waals surface area contributed by atoms with Gasteiger partial charge in [-0.05, 0) is 24.7 Å². The molecule has 0 bridgehead atoms. The number of alkyl halides is 6. The van der Waals surface area contributed by atoms with Gasteiger partial charge in [0.2, 0.25) is 0 Å². The minimum absolute atomic E-state index is 0.0130. The van der Waals surface area contributed by atoms with Crippen molar-refractivity contribution >= 4 is 0 Å². The fourth-order valence-corrected chi connectivity index (χ4v) is 1.63. The molecule has 1 aromatic carbocycles. The van der Waals surface area contributed by atoms with Gasteiger partial charge in [-0.2, -0.15) is 26.3 Å². The van der Waals surface area contributed by atoms with Gasteiger partial charge in [0.1, 0.15) is 5.75 Å². The second kappa shape index (κ2) is 7.19. The van der Waals surface area contributed by atoms with E-state index in [1.54, 1.807) is 0 Å². The molecule has 0 saturated carbocycles. The first-order valence-corrected chi connectivity index (χ1v) is 6.19. The van der Waals surface area contributed by atoms with Crippen molar-refractivity contribution in [1.29, 1.82) is 0 Å². The normalized spacial score (nSPS) is 14.2. The Balaban J connectivity index is 2.50. The highest BCUT2D eigenvalue weighted by atomic mass is 19.4. The molecule has 1 rings (SSSR count). The molecule has 0 spiro atoms. The van der Waals surface area contributed by atoms with Crippen LogP contribution in [0, 0.1) is 0 Å². The lowest BCUT2D eigenvalue weighted by molar-refractivity contribution is -0.207. The van der Waals surface area contributed by atoms with Gasteiger partial charge in [0.25, 0.3) is 0 Å². The Labute approximate surface area is 123 Å². The number of halogens is 6. The van der Waals surface area contributed by atoms with Crippen LogP contribution in [-0.2, 0) is 6.54 Å². The number of hydrogen-bond donors (Lipinski definition) is 1. The zero-order chi connectivity index (χ0) is 17.0. The molecule has 22 heavy (non-hydrogen) atoms. The Morgan fingerprint density at radius 3 is 2.09 bits per heavy atom. The maximum absolute atomic E-state index is 12.2. The number of aliphatic hydroxyl groups is 1. The first-order valence-electron chi connectivity index (χ1n) is 6.19. The number of ether oxygens (including phenoxy) is 1. The lowest BCUT2D eigenvalue weighted by atomic mass is 10.2. The number of rotatable bonds is 6. The summed E-state index contributed by atoms with van der Waals surface area (Å²) >= 11 is 0. The van der Waals surface area contributed by atoms with E-state index in [9.17, 15) is 26.3 Å². The summed E-state index contributed by atoms with van der Waals surface area (Å²) < 4.78 is 77.0. The van der Waals surface area contributed by atoms with Crippen LogP contribution in [-0.4, -0.2) is 48.7 Å². The Hall–Kier alpha value is -1.48. The molecule has 0 aliphatic heterocycles. The van der Waals surface area contributed by atoms with Crippen molar-refractivity contribution in [2.45, 2.75) is 25.0 Å². The number of likely N-dealkylation sites (N-methyl/N-ethyl adjacent to an activating group) is 1. The van der Waals surface area contributed by atoms with Crippen molar-refractivity contribution in [3.05, 3.63) is 29.8 Å². The number of hydrogen-bond acceptors (Lipinski definition) is 3. The van der Waals surface area contributed by atoms with E-state index in [2.05, 4.69) is 4.74 Å². The molecule has 0 heterocycles. The highest BCUT2D eigenvalue weighted by molar-refractivity contribution is 5.27. The van der Waals surface area contributed by atoms with Crippen LogP contribution in [0.25, 0.3) is 0 Å². The summed E-state index contributed by atoms with van der Waals surface area (Å²) in [6.45, 7) is -1.91. The van der Waals surface area contributed by atoms with Crippen molar-refractivity contribution in [1.82, 2.24) is 4.90 Å². The molecule has 0 aromatic heterocycles. The quantitative estimate of drug-likeness (QED) is 0.814. The van der Waals surface area contributed by atoms with Gasteiger partial charge in [-0.3, -0.25) is 4.90 Å². The van der Waals surface area contributed by atoms with E-state index in [-0.39, 0.29) is 12.3 Å².